The van der Waals surface area contributed by atoms with Gasteiger partial charge in [-0.15, -0.1) is 0 Å². The fourth-order valence-electron chi connectivity index (χ4n) is 1.77. The van der Waals surface area contributed by atoms with Gasteiger partial charge in [0, 0.05) is 13.2 Å². The van der Waals surface area contributed by atoms with Gasteiger partial charge < -0.3 is 9.64 Å². The molecule has 1 aliphatic rings. The van der Waals surface area contributed by atoms with Crippen molar-refractivity contribution in [3.05, 3.63) is 42.6 Å². The smallest absolute Gasteiger partial charge is 0.243 e. The molecule has 0 saturated carbocycles. The first-order valence-electron chi connectivity index (χ1n) is 4.82. The number of pyridine rings is 1. The van der Waals surface area contributed by atoms with E-state index in [1.807, 2.05) is 43.4 Å². The van der Waals surface area contributed by atoms with Gasteiger partial charge in [-0.05, 0) is 24.3 Å². The largest absolute Gasteiger partial charge is 0.435 e. The van der Waals surface area contributed by atoms with E-state index in [9.17, 15) is 0 Å². The number of rotatable bonds is 0. The summed E-state index contributed by atoms with van der Waals surface area (Å²) < 4.78 is 5.70. The van der Waals surface area contributed by atoms with Crippen LogP contribution in [0.5, 0.6) is 11.6 Å². The quantitative estimate of drug-likeness (QED) is 0.650. The second-order valence-corrected chi connectivity index (χ2v) is 3.46. The molecule has 0 radical (unpaired) electrons. The van der Waals surface area contributed by atoms with E-state index in [0.29, 0.717) is 5.88 Å². The molecule has 0 bridgehead atoms. The molecule has 0 unspecified atom stereocenters. The SMILES string of the molecule is CN1c2ccccc2Oc2ncccc21. The van der Waals surface area contributed by atoms with Gasteiger partial charge in [0.05, 0.1) is 5.69 Å². The van der Waals surface area contributed by atoms with Gasteiger partial charge in [0.25, 0.3) is 0 Å². The molecule has 0 amide bonds. The first kappa shape index (κ1) is 8.29. The van der Waals surface area contributed by atoms with Gasteiger partial charge in [-0.1, -0.05) is 12.1 Å². The minimum Gasteiger partial charge on any atom is -0.435 e. The number of ether oxygens (including phenoxy) is 1. The van der Waals surface area contributed by atoms with Gasteiger partial charge >= 0.3 is 0 Å². The Hall–Kier alpha value is -2.03. The molecule has 74 valence electrons. The minimum atomic E-state index is 0.665. The number of nitrogens with zero attached hydrogens (tertiary/aromatic N) is 2. The lowest BCUT2D eigenvalue weighted by Crippen LogP contribution is -2.15. The van der Waals surface area contributed by atoms with Gasteiger partial charge in [0.15, 0.2) is 5.75 Å². The zero-order valence-electron chi connectivity index (χ0n) is 8.34. The van der Waals surface area contributed by atoms with Crippen LogP contribution in [0.15, 0.2) is 42.6 Å². The molecular formula is C12H10N2O. The topological polar surface area (TPSA) is 25.4 Å². The number of hydrogen-bond donors (Lipinski definition) is 0. The zero-order chi connectivity index (χ0) is 10.3. The Morgan fingerprint density at radius 3 is 2.80 bits per heavy atom. The molecule has 1 aromatic heterocycles. The summed E-state index contributed by atoms with van der Waals surface area (Å²) in [4.78, 5) is 6.29. The maximum Gasteiger partial charge on any atom is 0.243 e. The van der Waals surface area contributed by atoms with E-state index in [-0.39, 0.29) is 0 Å². The number of fused-ring (bicyclic) bond motifs is 2. The fourth-order valence-corrected chi connectivity index (χ4v) is 1.77. The van der Waals surface area contributed by atoms with Crippen LogP contribution in [-0.2, 0) is 0 Å². The van der Waals surface area contributed by atoms with Crippen molar-refractivity contribution in [2.24, 2.45) is 0 Å². The number of hydrogen-bond acceptors (Lipinski definition) is 3. The lowest BCUT2D eigenvalue weighted by Gasteiger charge is -2.28. The first-order chi connectivity index (χ1) is 7.36. The molecule has 3 nitrogen and oxygen atoms in total. The van der Waals surface area contributed by atoms with Crippen molar-refractivity contribution in [3.63, 3.8) is 0 Å². The third-order valence-electron chi connectivity index (χ3n) is 2.55. The maximum absolute atomic E-state index is 5.70. The van der Waals surface area contributed by atoms with E-state index in [2.05, 4.69) is 9.88 Å². The summed E-state index contributed by atoms with van der Waals surface area (Å²) in [6.45, 7) is 0. The third kappa shape index (κ3) is 1.16. The van der Waals surface area contributed by atoms with Crippen LogP contribution < -0.4 is 9.64 Å². The predicted octanol–water partition coefficient (Wildman–Crippen LogP) is 2.96. The summed E-state index contributed by atoms with van der Waals surface area (Å²) in [6, 6.07) is 11.8. The van der Waals surface area contributed by atoms with E-state index in [0.717, 1.165) is 17.1 Å². The average Bonchev–Trinajstić information content (AvgIpc) is 2.30. The van der Waals surface area contributed by atoms with Crippen molar-refractivity contribution >= 4 is 11.4 Å². The highest BCUT2D eigenvalue weighted by Gasteiger charge is 2.21. The number of anilines is 2. The number of benzene rings is 1. The Morgan fingerprint density at radius 2 is 1.87 bits per heavy atom. The Balaban J connectivity index is 2.20. The van der Waals surface area contributed by atoms with Crippen molar-refractivity contribution in [2.75, 3.05) is 11.9 Å². The molecule has 2 aromatic rings. The molecule has 0 N–H and O–H groups in total. The lowest BCUT2D eigenvalue weighted by molar-refractivity contribution is 0.456. The highest BCUT2D eigenvalue weighted by Crippen LogP contribution is 2.43. The van der Waals surface area contributed by atoms with Crippen molar-refractivity contribution in [2.45, 2.75) is 0 Å². The maximum atomic E-state index is 5.70. The molecule has 1 aliphatic heterocycles. The van der Waals surface area contributed by atoms with Crippen LogP contribution >= 0.6 is 0 Å². The van der Waals surface area contributed by atoms with Gasteiger partial charge in [-0.25, -0.2) is 4.98 Å². The number of aromatic nitrogens is 1. The Morgan fingerprint density at radius 1 is 1.07 bits per heavy atom. The van der Waals surface area contributed by atoms with Crippen LogP contribution in [0.25, 0.3) is 0 Å². The second-order valence-electron chi connectivity index (χ2n) is 3.46. The summed E-state index contributed by atoms with van der Waals surface area (Å²) in [6.07, 6.45) is 1.74. The minimum absolute atomic E-state index is 0.665. The monoisotopic (exact) mass is 198 g/mol. The summed E-state index contributed by atoms with van der Waals surface area (Å²) in [7, 11) is 2.02. The van der Waals surface area contributed by atoms with Crippen molar-refractivity contribution in [1.82, 2.24) is 4.98 Å². The molecule has 0 fully saturated rings. The average molecular weight is 198 g/mol. The Bertz CT molecular complexity index is 465. The van der Waals surface area contributed by atoms with Crippen LogP contribution in [0.4, 0.5) is 11.4 Å². The highest BCUT2D eigenvalue weighted by atomic mass is 16.5. The standard InChI is InChI=1S/C12H10N2O/c1-14-9-5-2-3-7-11(9)15-12-10(14)6-4-8-13-12/h2-8H,1H3. The summed E-state index contributed by atoms with van der Waals surface area (Å²) in [5, 5.41) is 0. The molecular weight excluding hydrogens is 188 g/mol. The first-order valence-corrected chi connectivity index (χ1v) is 4.82. The predicted molar refractivity (Wildman–Crippen MR) is 58.8 cm³/mol. The molecule has 3 rings (SSSR count). The van der Waals surface area contributed by atoms with Gasteiger partial charge in [-0.2, -0.15) is 0 Å². The van der Waals surface area contributed by atoms with Crippen molar-refractivity contribution in [1.29, 1.82) is 0 Å². The lowest BCUT2D eigenvalue weighted by atomic mass is 10.2. The second kappa shape index (κ2) is 2.98. The molecule has 0 aliphatic carbocycles. The molecule has 0 spiro atoms. The van der Waals surface area contributed by atoms with E-state index < -0.39 is 0 Å². The van der Waals surface area contributed by atoms with Crippen molar-refractivity contribution < 1.29 is 4.74 Å². The number of para-hydroxylation sites is 2. The van der Waals surface area contributed by atoms with Crippen LogP contribution in [-0.4, -0.2) is 12.0 Å². The van der Waals surface area contributed by atoms with Gasteiger partial charge in [0.2, 0.25) is 5.88 Å². The Labute approximate surface area is 87.9 Å². The molecule has 3 heteroatoms. The van der Waals surface area contributed by atoms with Crippen LogP contribution in [0.1, 0.15) is 0 Å². The van der Waals surface area contributed by atoms with E-state index in [4.69, 9.17) is 4.74 Å². The molecule has 15 heavy (non-hydrogen) atoms. The summed E-state index contributed by atoms with van der Waals surface area (Å²) in [5.41, 5.74) is 2.06. The highest BCUT2D eigenvalue weighted by molar-refractivity contribution is 5.75. The molecule has 0 saturated heterocycles. The van der Waals surface area contributed by atoms with Crippen LogP contribution in [0.2, 0.25) is 0 Å². The van der Waals surface area contributed by atoms with E-state index in [1.165, 1.54) is 0 Å². The summed E-state index contributed by atoms with van der Waals surface area (Å²) >= 11 is 0. The van der Waals surface area contributed by atoms with Gasteiger partial charge in [0.1, 0.15) is 5.69 Å². The van der Waals surface area contributed by atoms with Crippen LogP contribution in [0, 0.1) is 0 Å². The Kier molecular flexibility index (Phi) is 1.65. The van der Waals surface area contributed by atoms with Gasteiger partial charge in [-0.3, -0.25) is 0 Å². The van der Waals surface area contributed by atoms with Crippen molar-refractivity contribution in [3.8, 4) is 11.6 Å². The molecule has 1 aromatic carbocycles. The van der Waals surface area contributed by atoms with E-state index in [1.54, 1.807) is 6.20 Å². The normalized spacial score (nSPS) is 12.7. The fraction of sp³-hybridized carbons (Fsp3) is 0.0833. The molecule has 0 atom stereocenters. The summed E-state index contributed by atoms with van der Waals surface area (Å²) in [5.74, 6) is 1.52. The van der Waals surface area contributed by atoms with E-state index >= 15 is 0 Å². The zero-order valence-corrected chi connectivity index (χ0v) is 8.34. The molecule has 2 heterocycles. The van der Waals surface area contributed by atoms with Crippen LogP contribution in [0.3, 0.4) is 0 Å². The third-order valence-corrected chi connectivity index (χ3v) is 2.55.